The zero-order valence-corrected chi connectivity index (χ0v) is 14.7. The van der Waals surface area contributed by atoms with Crippen LogP contribution in [0.3, 0.4) is 0 Å². The molecule has 25 heavy (non-hydrogen) atoms. The minimum Gasteiger partial charge on any atom is -0.494 e. The molecule has 1 aromatic heterocycles. The number of benzene rings is 1. The normalized spacial score (nSPS) is 20.8. The number of likely N-dealkylation sites (tertiary alicyclic amines) is 1. The Labute approximate surface area is 146 Å². The second-order valence-corrected chi connectivity index (χ2v) is 6.32. The van der Waals surface area contributed by atoms with Crippen LogP contribution < -0.4 is 10.1 Å². The van der Waals surface area contributed by atoms with E-state index in [-0.39, 0.29) is 29.6 Å². The Bertz CT molecular complexity index is 761. The summed E-state index contributed by atoms with van der Waals surface area (Å²) in [5, 5.41) is 7.74. The van der Waals surface area contributed by atoms with Crippen molar-refractivity contribution in [3.8, 4) is 5.75 Å². The minimum atomic E-state index is -0.373. The molecular weight excluding hydrogens is 323 g/mol. The second-order valence-electron chi connectivity index (χ2n) is 6.32. The maximum Gasteiger partial charge on any atom is 0.222 e. The Hall–Kier alpha value is -2.41. The van der Waals surface area contributed by atoms with Crippen molar-refractivity contribution >= 4 is 5.91 Å². The summed E-state index contributed by atoms with van der Waals surface area (Å²) in [7, 11) is 5.16. The fraction of sp³-hybridized carbons (Fsp3) is 0.444. The molecule has 1 amide bonds. The van der Waals surface area contributed by atoms with Gasteiger partial charge in [-0.1, -0.05) is 6.07 Å². The number of hydrogen-bond donors (Lipinski definition) is 1. The summed E-state index contributed by atoms with van der Waals surface area (Å²) in [4.78, 5) is 13.9. The summed E-state index contributed by atoms with van der Waals surface area (Å²) < 4.78 is 20.4. The van der Waals surface area contributed by atoms with Crippen molar-refractivity contribution in [2.75, 3.05) is 14.2 Å². The van der Waals surface area contributed by atoms with E-state index in [1.807, 2.05) is 20.2 Å². The molecule has 7 heteroatoms. The lowest BCUT2D eigenvalue weighted by atomic mass is 9.93. The van der Waals surface area contributed by atoms with E-state index in [9.17, 15) is 9.18 Å². The van der Waals surface area contributed by atoms with Gasteiger partial charge in [-0.2, -0.15) is 5.10 Å². The number of piperidine rings is 1. The Morgan fingerprint density at radius 2 is 2.16 bits per heavy atom. The number of nitrogens with zero attached hydrogens (tertiary/aromatic N) is 3. The number of likely N-dealkylation sites (N-methyl/N-ethyl adjacent to an activating group) is 1. The summed E-state index contributed by atoms with van der Waals surface area (Å²) in [6.07, 6.45) is 3.00. The third kappa shape index (κ3) is 3.51. The van der Waals surface area contributed by atoms with Gasteiger partial charge >= 0.3 is 0 Å². The number of carbonyl (C=O) groups excluding carboxylic acids is 1. The van der Waals surface area contributed by atoms with Crippen LogP contribution in [0.4, 0.5) is 4.39 Å². The molecule has 0 saturated carbocycles. The quantitative estimate of drug-likeness (QED) is 0.900. The molecule has 1 N–H and O–H groups in total. The van der Waals surface area contributed by atoms with Crippen LogP contribution in [0.25, 0.3) is 0 Å². The molecule has 2 heterocycles. The van der Waals surface area contributed by atoms with Crippen molar-refractivity contribution in [2.24, 2.45) is 7.05 Å². The number of aromatic nitrogens is 2. The first kappa shape index (κ1) is 17.4. The highest BCUT2D eigenvalue weighted by molar-refractivity contribution is 5.77. The van der Waals surface area contributed by atoms with E-state index in [2.05, 4.69) is 10.4 Å². The lowest BCUT2D eigenvalue weighted by molar-refractivity contribution is -0.136. The molecular formula is C18H23FN4O2. The van der Waals surface area contributed by atoms with Gasteiger partial charge in [-0.05, 0) is 30.2 Å². The van der Waals surface area contributed by atoms with Crippen molar-refractivity contribution in [3.05, 3.63) is 47.5 Å². The molecule has 0 aliphatic carbocycles. The zero-order valence-electron chi connectivity index (χ0n) is 14.7. The van der Waals surface area contributed by atoms with Crippen LogP contribution in [0.5, 0.6) is 5.75 Å². The number of methoxy groups -OCH3 is 1. The van der Waals surface area contributed by atoms with Gasteiger partial charge in [-0.25, -0.2) is 4.39 Å². The Morgan fingerprint density at radius 1 is 1.36 bits per heavy atom. The maximum atomic E-state index is 13.6. The second kappa shape index (κ2) is 7.23. The molecule has 6 nitrogen and oxygen atoms in total. The van der Waals surface area contributed by atoms with E-state index in [1.54, 1.807) is 27.9 Å². The highest BCUT2D eigenvalue weighted by Crippen LogP contribution is 2.30. The van der Waals surface area contributed by atoms with Crippen molar-refractivity contribution in [1.29, 1.82) is 0 Å². The lowest BCUT2D eigenvalue weighted by Crippen LogP contribution is -2.49. The molecule has 0 unspecified atom stereocenters. The van der Waals surface area contributed by atoms with Crippen molar-refractivity contribution in [1.82, 2.24) is 20.0 Å². The fourth-order valence-corrected chi connectivity index (χ4v) is 3.39. The maximum absolute atomic E-state index is 13.6. The summed E-state index contributed by atoms with van der Waals surface area (Å²) in [6.45, 7) is 0.567. The van der Waals surface area contributed by atoms with Gasteiger partial charge in [0, 0.05) is 39.3 Å². The first-order chi connectivity index (χ1) is 12.0. The van der Waals surface area contributed by atoms with E-state index >= 15 is 0 Å². The molecule has 0 radical (unpaired) electrons. The average molecular weight is 346 g/mol. The largest absolute Gasteiger partial charge is 0.494 e. The molecule has 1 fully saturated rings. The molecule has 1 aromatic carbocycles. The van der Waals surface area contributed by atoms with Crippen LogP contribution in [-0.2, 0) is 18.4 Å². The van der Waals surface area contributed by atoms with Gasteiger partial charge in [0.25, 0.3) is 0 Å². The summed E-state index contributed by atoms with van der Waals surface area (Å²) in [6, 6.07) is 6.78. The summed E-state index contributed by atoms with van der Waals surface area (Å²) in [5.74, 6) is -0.00636. The number of carbonyl (C=O) groups is 1. The monoisotopic (exact) mass is 346 g/mol. The number of aryl methyl sites for hydroxylation is 1. The molecule has 0 bridgehead atoms. The highest BCUT2D eigenvalue weighted by Gasteiger charge is 2.35. The van der Waals surface area contributed by atoms with Gasteiger partial charge in [0.15, 0.2) is 11.6 Å². The molecule has 1 aliphatic heterocycles. The van der Waals surface area contributed by atoms with Crippen molar-refractivity contribution in [2.45, 2.75) is 31.5 Å². The molecule has 2 atom stereocenters. The first-order valence-electron chi connectivity index (χ1n) is 8.30. The smallest absolute Gasteiger partial charge is 0.222 e. The van der Waals surface area contributed by atoms with Gasteiger partial charge in [0.05, 0.1) is 18.8 Å². The molecule has 3 rings (SSSR count). The van der Waals surface area contributed by atoms with Crippen molar-refractivity contribution < 1.29 is 13.9 Å². The van der Waals surface area contributed by atoms with Crippen LogP contribution in [0.15, 0.2) is 30.5 Å². The molecule has 134 valence electrons. The van der Waals surface area contributed by atoms with Crippen LogP contribution >= 0.6 is 0 Å². The number of halogens is 1. The van der Waals surface area contributed by atoms with Crippen LogP contribution in [0.2, 0.25) is 0 Å². The lowest BCUT2D eigenvalue weighted by Gasteiger charge is -2.39. The van der Waals surface area contributed by atoms with Gasteiger partial charge in [0.1, 0.15) is 0 Å². The van der Waals surface area contributed by atoms with Gasteiger partial charge in [0.2, 0.25) is 5.91 Å². The highest BCUT2D eigenvalue weighted by atomic mass is 19.1. The van der Waals surface area contributed by atoms with Gasteiger partial charge < -0.3 is 15.0 Å². The molecule has 1 saturated heterocycles. The van der Waals surface area contributed by atoms with E-state index < -0.39 is 0 Å². The SMILES string of the molecule is COc1cc(CN[C@@H]2CCC(=O)N(C)[C@H]2c2ccnn2C)ccc1F. The molecule has 2 aromatic rings. The Balaban J connectivity index is 1.78. The molecule has 0 spiro atoms. The third-order valence-corrected chi connectivity index (χ3v) is 4.81. The standard InChI is InChI=1S/C18H23FN4O2/c1-22-17(24)7-6-14(18(22)15-8-9-21-23(15)2)20-11-12-4-5-13(19)16(10-12)25-3/h4-5,8-10,14,18,20H,6-7,11H2,1-3H3/t14-,18-/m1/s1. The van der Waals surface area contributed by atoms with Gasteiger partial charge in [-0.15, -0.1) is 0 Å². The van der Waals surface area contributed by atoms with E-state index in [0.717, 1.165) is 17.7 Å². The topological polar surface area (TPSA) is 59.4 Å². The number of nitrogens with one attached hydrogen (secondary N) is 1. The van der Waals surface area contributed by atoms with Crippen molar-refractivity contribution in [3.63, 3.8) is 0 Å². The van der Waals surface area contributed by atoms with Crippen LogP contribution in [-0.4, -0.2) is 40.8 Å². The fourth-order valence-electron chi connectivity index (χ4n) is 3.39. The number of amides is 1. The Kier molecular flexibility index (Phi) is 5.03. The average Bonchev–Trinajstić information content (AvgIpc) is 3.02. The number of rotatable bonds is 5. The number of ether oxygens (including phenoxy) is 1. The molecule has 1 aliphatic rings. The number of hydrogen-bond acceptors (Lipinski definition) is 4. The van der Waals surface area contributed by atoms with Gasteiger partial charge in [-0.3, -0.25) is 9.48 Å². The van der Waals surface area contributed by atoms with E-state index in [1.165, 1.54) is 13.2 Å². The predicted octanol–water partition coefficient (Wildman–Crippen LogP) is 2.02. The third-order valence-electron chi connectivity index (χ3n) is 4.81. The summed E-state index contributed by atoms with van der Waals surface area (Å²) in [5.41, 5.74) is 1.92. The predicted molar refractivity (Wildman–Crippen MR) is 91.5 cm³/mol. The van der Waals surface area contributed by atoms with E-state index in [0.29, 0.717) is 13.0 Å². The van der Waals surface area contributed by atoms with Crippen LogP contribution in [0, 0.1) is 5.82 Å². The van der Waals surface area contributed by atoms with E-state index in [4.69, 9.17) is 4.74 Å². The zero-order chi connectivity index (χ0) is 18.0. The first-order valence-corrected chi connectivity index (χ1v) is 8.30. The Morgan fingerprint density at radius 3 is 2.84 bits per heavy atom. The van der Waals surface area contributed by atoms with Crippen LogP contribution in [0.1, 0.15) is 30.1 Å². The summed E-state index contributed by atoms with van der Waals surface area (Å²) >= 11 is 0. The minimum absolute atomic E-state index is 0.0870.